The highest BCUT2D eigenvalue weighted by atomic mass is 16.5. The summed E-state index contributed by atoms with van der Waals surface area (Å²) in [6.45, 7) is 2.30. The molecule has 0 amide bonds. The van der Waals surface area contributed by atoms with E-state index in [4.69, 9.17) is 10.00 Å². The van der Waals surface area contributed by atoms with Crippen LogP contribution < -0.4 is 15.9 Å². The van der Waals surface area contributed by atoms with Crippen LogP contribution in [-0.4, -0.2) is 15.7 Å². The van der Waals surface area contributed by atoms with Gasteiger partial charge in [0.15, 0.2) is 0 Å². The van der Waals surface area contributed by atoms with E-state index in [2.05, 4.69) is 0 Å². The fraction of sp³-hybridized carbons (Fsp3) is 0.214. The smallest absolute Gasteiger partial charge is 0.321 e. The molecule has 0 spiro atoms. The highest BCUT2D eigenvalue weighted by molar-refractivity contribution is 5.37. The van der Waals surface area contributed by atoms with Gasteiger partial charge >= 0.3 is 11.1 Å². The van der Waals surface area contributed by atoms with Crippen LogP contribution in [0.4, 0.5) is 0 Å². The lowest BCUT2D eigenvalue weighted by Crippen LogP contribution is -2.39. The molecule has 6 heteroatoms. The Bertz CT molecular complexity index is 751. The van der Waals surface area contributed by atoms with Crippen molar-refractivity contribution in [1.29, 1.82) is 5.26 Å². The predicted octanol–water partition coefficient (Wildman–Crippen LogP) is 0.921. The summed E-state index contributed by atoms with van der Waals surface area (Å²) in [6.07, 6.45) is 2.89. The fourth-order valence-corrected chi connectivity index (χ4v) is 1.78. The van der Waals surface area contributed by atoms with Crippen LogP contribution in [0.2, 0.25) is 0 Å². The minimum atomic E-state index is -0.720. The number of rotatable bonds is 4. The van der Waals surface area contributed by atoms with Crippen molar-refractivity contribution >= 4 is 0 Å². The van der Waals surface area contributed by atoms with Gasteiger partial charge in [0.1, 0.15) is 12.3 Å². The first kappa shape index (κ1) is 13.6. The van der Waals surface area contributed by atoms with Gasteiger partial charge in [0.05, 0.1) is 12.7 Å². The second-order valence-corrected chi connectivity index (χ2v) is 3.99. The first-order chi connectivity index (χ1) is 9.67. The third-order valence-corrected chi connectivity index (χ3v) is 2.73. The zero-order valence-corrected chi connectivity index (χ0v) is 10.9. The normalized spacial score (nSPS) is 10.0. The van der Waals surface area contributed by atoms with Gasteiger partial charge < -0.3 is 4.74 Å². The van der Waals surface area contributed by atoms with Crippen LogP contribution >= 0.6 is 0 Å². The van der Waals surface area contributed by atoms with Gasteiger partial charge in [-0.3, -0.25) is 18.7 Å². The maximum Gasteiger partial charge on any atom is 0.321 e. The maximum atomic E-state index is 12.0. The molecule has 0 saturated heterocycles. The molecule has 0 bridgehead atoms. The van der Waals surface area contributed by atoms with E-state index in [1.165, 1.54) is 17.0 Å². The zero-order valence-electron chi connectivity index (χ0n) is 10.9. The fourth-order valence-electron chi connectivity index (χ4n) is 1.78. The Hall–Kier alpha value is -2.81. The van der Waals surface area contributed by atoms with Crippen LogP contribution in [0.5, 0.6) is 5.75 Å². The summed E-state index contributed by atoms with van der Waals surface area (Å²) in [4.78, 5) is 23.7. The van der Waals surface area contributed by atoms with Gasteiger partial charge in [-0.1, -0.05) is 0 Å². The van der Waals surface area contributed by atoms with E-state index in [1.807, 2.05) is 13.0 Å². The van der Waals surface area contributed by atoms with E-state index in [1.54, 1.807) is 24.3 Å². The van der Waals surface area contributed by atoms with Crippen molar-refractivity contribution in [3.63, 3.8) is 0 Å². The summed E-state index contributed by atoms with van der Waals surface area (Å²) in [5.41, 5.74) is -0.838. The van der Waals surface area contributed by atoms with E-state index >= 15 is 0 Å². The average Bonchev–Trinajstić information content (AvgIpc) is 2.46. The summed E-state index contributed by atoms with van der Waals surface area (Å²) in [5.74, 6) is 0.696. The molecule has 0 radical (unpaired) electrons. The van der Waals surface area contributed by atoms with Gasteiger partial charge in [-0.15, -0.1) is 0 Å². The number of benzene rings is 1. The average molecular weight is 271 g/mol. The lowest BCUT2D eigenvalue weighted by molar-refractivity contribution is 0.340. The third-order valence-electron chi connectivity index (χ3n) is 2.73. The van der Waals surface area contributed by atoms with Crippen molar-refractivity contribution in [1.82, 2.24) is 9.13 Å². The number of nitrogens with zero attached hydrogens (tertiary/aromatic N) is 3. The summed E-state index contributed by atoms with van der Waals surface area (Å²) in [7, 11) is 0. The lowest BCUT2D eigenvalue weighted by Gasteiger charge is -2.08. The molecule has 1 aromatic carbocycles. The number of aromatic nitrogens is 2. The first-order valence-electron chi connectivity index (χ1n) is 6.09. The summed E-state index contributed by atoms with van der Waals surface area (Å²) in [6, 6.07) is 8.68. The third kappa shape index (κ3) is 2.62. The van der Waals surface area contributed by atoms with E-state index in [0.29, 0.717) is 18.0 Å². The SMILES string of the molecule is CCOc1ccc(-n2ccn(CC#N)c(=O)c2=O)cc1. The minimum Gasteiger partial charge on any atom is -0.494 e. The summed E-state index contributed by atoms with van der Waals surface area (Å²) >= 11 is 0. The molecule has 0 N–H and O–H groups in total. The van der Waals surface area contributed by atoms with Crippen LogP contribution in [0.1, 0.15) is 6.92 Å². The quantitative estimate of drug-likeness (QED) is 0.775. The monoisotopic (exact) mass is 271 g/mol. The van der Waals surface area contributed by atoms with Crippen molar-refractivity contribution in [3.8, 4) is 17.5 Å². The molecule has 1 aromatic heterocycles. The Labute approximate surface area is 115 Å². The highest BCUT2D eigenvalue weighted by Gasteiger charge is 2.06. The zero-order chi connectivity index (χ0) is 14.5. The molecular weight excluding hydrogens is 258 g/mol. The molecule has 0 atom stereocenters. The molecule has 0 saturated carbocycles. The van der Waals surface area contributed by atoms with Gasteiger partial charge in [-0.05, 0) is 31.2 Å². The Kier molecular flexibility index (Phi) is 4.01. The van der Waals surface area contributed by atoms with Crippen molar-refractivity contribution in [2.45, 2.75) is 13.5 Å². The summed E-state index contributed by atoms with van der Waals surface area (Å²) in [5, 5.41) is 8.57. The van der Waals surface area contributed by atoms with Crippen LogP contribution in [0, 0.1) is 11.3 Å². The summed E-state index contributed by atoms with van der Waals surface area (Å²) < 4.78 is 7.63. The van der Waals surface area contributed by atoms with Gasteiger partial charge in [0, 0.05) is 18.1 Å². The van der Waals surface area contributed by atoms with Crippen molar-refractivity contribution in [2.24, 2.45) is 0 Å². The Morgan fingerprint density at radius 2 is 1.85 bits per heavy atom. The van der Waals surface area contributed by atoms with Gasteiger partial charge in [0.25, 0.3) is 0 Å². The molecule has 0 unspecified atom stereocenters. The maximum absolute atomic E-state index is 12.0. The molecule has 6 nitrogen and oxygen atoms in total. The van der Waals surface area contributed by atoms with Crippen LogP contribution in [0.25, 0.3) is 5.69 Å². The number of hydrogen-bond donors (Lipinski definition) is 0. The van der Waals surface area contributed by atoms with E-state index in [0.717, 1.165) is 4.57 Å². The Balaban J connectivity index is 2.44. The van der Waals surface area contributed by atoms with Crippen LogP contribution in [0.3, 0.4) is 0 Å². The van der Waals surface area contributed by atoms with E-state index < -0.39 is 11.1 Å². The van der Waals surface area contributed by atoms with Gasteiger partial charge in [0.2, 0.25) is 0 Å². The molecule has 20 heavy (non-hydrogen) atoms. The standard InChI is InChI=1S/C14H13N3O3/c1-2-20-12-5-3-11(4-6-12)17-10-9-16(8-7-15)13(18)14(17)19/h3-6,9-10H,2,8H2,1H3. The topological polar surface area (TPSA) is 77.0 Å². The lowest BCUT2D eigenvalue weighted by atomic mass is 10.3. The van der Waals surface area contributed by atoms with Crippen LogP contribution in [0.15, 0.2) is 46.2 Å². The molecule has 0 aliphatic carbocycles. The molecule has 2 rings (SSSR count). The molecule has 0 aliphatic rings. The van der Waals surface area contributed by atoms with Crippen molar-refractivity contribution in [3.05, 3.63) is 57.4 Å². The molecule has 2 aromatic rings. The van der Waals surface area contributed by atoms with Crippen LogP contribution in [-0.2, 0) is 6.54 Å². The largest absolute Gasteiger partial charge is 0.494 e. The molecule has 0 aliphatic heterocycles. The van der Waals surface area contributed by atoms with Crippen molar-refractivity contribution < 1.29 is 4.74 Å². The number of hydrogen-bond acceptors (Lipinski definition) is 4. The van der Waals surface area contributed by atoms with Crippen molar-refractivity contribution in [2.75, 3.05) is 6.61 Å². The second kappa shape index (κ2) is 5.89. The predicted molar refractivity (Wildman–Crippen MR) is 73.1 cm³/mol. The molecule has 102 valence electrons. The molecule has 1 heterocycles. The Morgan fingerprint density at radius 1 is 1.15 bits per heavy atom. The van der Waals surface area contributed by atoms with E-state index in [-0.39, 0.29) is 6.54 Å². The highest BCUT2D eigenvalue weighted by Crippen LogP contribution is 2.13. The Morgan fingerprint density at radius 3 is 2.45 bits per heavy atom. The van der Waals surface area contributed by atoms with Gasteiger partial charge in [-0.25, -0.2) is 0 Å². The second-order valence-electron chi connectivity index (χ2n) is 3.99. The first-order valence-corrected chi connectivity index (χ1v) is 6.09. The minimum absolute atomic E-state index is 0.141. The number of ether oxygens (including phenoxy) is 1. The van der Waals surface area contributed by atoms with Gasteiger partial charge in [-0.2, -0.15) is 5.26 Å². The van der Waals surface area contributed by atoms with E-state index in [9.17, 15) is 9.59 Å². The molecular formula is C14H13N3O3. The number of nitriles is 1. The molecule has 0 fully saturated rings.